The van der Waals surface area contributed by atoms with Gasteiger partial charge in [-0.1, -0.05) is 6.07 Å². The zero-order valence-corrected chi connectivity index (χ0v) is 17.4. The van der Waals surface area contributed by atoms with Crippen LogP contribution in [0.3, 0.4) is 0 Å². The zero-order valence-electron chi connectivity index (χ0n) is 16.6. The fourth-order valence-electron chi connectivity index (χ4n) is 4.91. The number of hydrogen-bond donors (Lipinski definition) is 1. The topological polar surface area (TPSA) is 80.4 Å². The molecular formula is C22H24N4O3S. The summed E-state index contributed by atoms with van der Waals surface area (Å²) in [6.45, 7) is 2.92. The third-order valence-corrected chi connectivity index (χ3v) is 6.75. The number of carbonyl (C=O) groups excluding carboxylic acids is 1. The molecule has 2 bridgehead atoms. The average Bonchev–Trinajstić information content (AvgIpc) is 3.43. The Bertz CT molecular complexity index is 1060. The van der Waals surface area contributed by atoms with E-state index >= 15 is 0 Å². The van der Waals surface area contributed by atoms with E-state index in [4.69, 9.17) is 4.42 Å². The van der Waals surface area contributed by atoms with E-state index in [9.17, 15) is 9.59 Å². The minimum absolute atomic E-state index is 0.0879. The number of thiazole rings is 1. The SMILES string of the molecule is O=C(NCCc1ccco1)[C@H]1[C@@H]2C[C@@H](CN(Cc3cscn3)C2)c2cccc(=O)n21. The fraction of sp³-hybridized carbons (Fsp3) is 0.409. The first kappa shape index (κ1) is 19.3. The summed E-state index contributed by atoms with van der Waals surface area (Å²) in [5.74, 6) is 1.10. The molecule has 0 spiro atoms. The highest BCUT2D eigenvalue weighted by Gasteiger charge is 2.43. The molecule has 2 aliphatic heterocycles. The Labute approximate surface area is 178 Å². The standard InChI is InChI=1S/C22H24N4O3S/c27-20-5-1-4-19-15-9-16(11-25(10-15)12-17-13-30-14-24-17)21(26(19)20)22(28)23-7-6-18-3-2-8-29-18/h1-5,8,13-16,21H,6-7,9-12H2,(H,23,28)/t15-,16+,21+/m0/s1. The molecule has 7 nitrogen and oxygen atoms in total. The van der Waals surface area contributed by atoms with Crippen molar-refractivity contribution in [2.24, 2.45) is 5.92 Å². The number of piperidine rings is 1. The van der Waals surface area contributed by atoms with Crippen LogP contribution >= 0.6 is 11.3 Å². The Hall–Kier alpha value is -2.71. The van der Waals surface area contributed by atoms with Crippen LogP contribution in [-0.4, -0.2) is 40.0 Å². The van der Waals surface area contributed by atoms with Gasteiger partial charge in [0.1, 0.15) is 11.8 Å². The van der Waals surface area contributed by atoms with Crippen LogP contribution in [0.1, 0.15) is 35.5 Å². The van der Waals surface area contributed by atoms with Crippen molar-refractivity contribution in [3.63, 3.8) is 0 Å². The van der Waals surface area contributed by atoms with Crippen molar-refractivity contribution in [3.8, 4) is 0 Å². The maximum absolute atomic E-state index is 13.2. The van der Waals surface area contributed by atoms with Crippen molar-refractivity contribution in [2.45, 2.75) is 31.3 Å². The number of hydrogen-bond acceptors (Lipinski definition) is 6. The summed E-state index contributed by atoms with van der Waals surface area (Å²) in [7, 11) is 0. The molecule has 1 N–H and O–H groups in total. The smallest absolute Gasteiger partial charge is 0.251 e. The maximum Gasteiger partial charge on any atom is 0.251 e. The van der Waals surface area contributed by atoms with Crippen LogP contribution in [0.5, 0.6) is 0 Å². The normalized spacial score (nSPS) is 23.1. The molecule has 3 atom stereocenters. The number of fused-ring (bicyclic) bond motifs is 4. The molecule has 0 aliphatic carbocycles. The number of furan rings is 1. The molecule has 8 heteroatoms. The third-order valence-electron chi connectivity index (χ3n) is 6.11. The molecule has 5 rings (SSSR count). The number of likely N-dealkylation sites (tertiary alicyclic amines) is 1. The number of nitrogens with zero attached hydrogens (tertiary/aromatic N) is 3. The number of carbonyl (C=O) groups is 1. The molecule has 0 unspecified atom stereocenters. The van der Waals surface area contributed by atoms with Gasteiger partial charge in [-0.3, -0.25) is 19.1 Å². The molecule has 30 heavy (non-hydrogen) atoms. The number of aromatic nitrogens is 2. The predicted molar refractivity (Wildman–Crippen MR) is 113 cm³/mol. The van der Waals surface area contributed by atoms with Gasteiger partial charge in [0, 0.05) is 61.6 Å². The van der Waals surface area contributed by atoms with Crippen molar-refractivity contribution in [3.05, 3.63) is 75.0 Å². The summed E-state index contributed by atoms with van der Waals surface area (Å²) in [4.78, 5) is 32.8. The summed E-state index contributed by atoms with van der Waals surface area (Å²) in [5, 5.41) is 5.11. The van der Waals surface area contributed by atoms with Gasteiger partial charge in [-0.2, -0.15) is 0 Å². The maximum atomic E-state index is 13.2. The van der Waals surface area contributed by atoms with Gasteiger partial charge in [0.2, 0.25) is 5.91 Å². The van der Waals surface area contributed by atoms with Crippen LogP contribution in [0.2, 0.25) is 0 Å². The summed E-state index contributed by atoms with van der Waals surface area (Å²) in [6, 6.07) is 8.61. The molecule has 1 amide bonds. The van der Waals surface area contributed by atoms with Crippen LogP contribution in [0.4, 0.5) is 0 Å². The Morgan fingerprint density at radius 1 is 1.27 bits per heavy atom. The monoisotopic (exact) mass is 424 g/mol. The number of nitrogens with one attached hydrogen (secondary N) is 1. The van der Waals surface area contributed by atoms with Gasteiger partial charge in [0.25, 0.3) is 5.56 Å². The van der Waals surface area contributed by atoms with Gasteiger partial charge in [0.15, 0.2) is 0 Å². The van der Waals surface area contributed by atoms with Crippen molar-refractivity contribution >= 4 is 17.2 Å². The van der Waals surface area contributed by atoms with E-state index in [0.29, 0.717) is 13.0 Å². The van der Waals surface area contributed by atoms with Gasteiger partial charge >= 0.3 is 0 Å². The first-order valence-electron chi connectivity index (χ1n) is 10.3. The minimum Gasteiger partial charge on any atom is -0.469 e. The molecule has 1 saturated heterocycles. The fourth-order valence-corrected chi connectivity index (χ4v) is 5.46. The second-order valence-electron chi connectivity index (χ2n) is 8.09. The lowest BCUT2D eigenvalue weighted by atomic mass is 9.78. The Morgan fingerprint density at radius 2 is 2.20 bits per heavy atom. The van der Waals surface area contributed by atoms with Gasteiger partial charge in [-0.15, -0.1) is 11.3 Å². The summed E-state index contributed by atoms with van der Waals surface area (Å²) < 4.78 is 7.08. The molecule has 1 fully saturated rings. The molecule has 3 aromatic heterocycles. The number of pyridine rings is 1. The molecule has 0 aromatic carbocycles. The van der Waals surface area contributed by atoms with Crippen LogP contribution < -0.4 is 10.9 Å². The average molecular weight is 425 g/mol. The van der Waals surface area contributed by atoms with Crippen molar-refractivity contribution < 1.29 is 9.21 Å². The molecule has 5 heterocycles. The molecule has 156 valence electrons. The molecule has 0 saturated carbocycles. The molecule has 2 aliphatic rings. The van der Waals surface area contributed by atoms with E-state index in [0.717, 1.165) is 43.2 Å². The number of amides is 1. The largest absolute Gasteiger partial charge is 0.469 e. The van der Waals surface area contributed by atoms with Crippen LogP contribution in [0.25, 0.3) is 0 Å². The summed E-state index contributed by atoms with van der Waals surface area (Å²) in [5.41, 5.74) is 3.78. The summed E-state index contributed by atoms with van der Waals surface area (Å²) >= 11 is 1.60. The van der Waals surface area contributed by atoms with E-state index in [2.05, 4.69) is 20.6 Å². The van der Waals surface area contributed by atoms with E-state index in [1.165, 1.54) is 0 Å². The quantitative estimate of drug-likeness (QED) is 0.657. The minimum atomic E-state index is -0.486. The highest BCUT2D eigenvalue weighted by molar-refractivity contribution is 7.07. The first-order chi connectivity index (χ1) is 14.7. The van der Waals surface area contributed by atoms with Gasteiger partial charge < -0.3 is 9.73 Å². The lowest BCUT2D eigenvalue weighted by Crippen LogP contribution is -2.53. The van der Waals surface area contributed by atoms with Crippen molar-refractivity contribution in [1.82, 2.24) is 19.8 Å². The van der Waals surface area contributed by atoms with Crippen LogP contribution in [-0.2, 0) is 17.8 Å². The van der Waals surface area contributed by atoms with E-state index in [-0.39, 0.29) is 23.3 Å². The second kappa shape index (κ2) is 8.20. The highest BCUT2D eigenvalue weighted by atomic mass is 32.1. The van der Waals surface area contributed by atoms with Crippen molar-refractivity contribution in [1.29, 1.82) is 0 Å². The molecule has 0 radical (unpaired) electrons. The molecular weight excluding hydrogens is 400 g/mol. The lowest BCUT2D eigenvalue weighted by molar-refractivity contribution is -0.127. The predicted octanol–water partition coefficient (Wildman–Crippen LogP) is 2.42. The summed E-state index contributed by atoms with van der Waals surface area (Å²) in [6.07, 6.45) is 3.19. The second-order valence-corrected chi connectivity index (χ2v) is 8.81. The number of rotatable bonds is 6. The zero-order chi connectivity index (χ0) is 20.5. The lowest BCUT2D eigenvalue weighted by Gasteiger charge is -2.46. The van der Waals surface area contributed by atoms with E-state index in [1.807, 2.05) is 23.7 Å². The van der Waals surface area contributed by atoms with Crippen molar-refractivity contribution in [2.75, 3.05) is 19.6 Å². The Balaban J connectivity index is 1.38. The van der Waals surface area contributed by atoms with Gasteiger partial charge in [-0.25, -0.2) is 4.98 Å². The third kappa shape index (κ3) is 3.73. The van der Waals surface area contributed by atoms with Gasteiger partial charge in [-0.05, 0) is 24.6 Å². The van der Waals surface area contributed by atoms with Gasteiger partial charge in [0.05, 0.1) is 17.5 Å². The first-order valence-corrected chi connectivity index (χ1v) is 11.2. The highest BCUT2D eigenvalue weighted by Crippen LogP contribution is 2.41. The Morgan fingerprint density at radius 3 is 3.00 bits per heavy atom. The molecule has 3 aromatic rings. The van der Waals surface area contributed by atoms with E-state index < -0.39 is 6.04 Å². The Kier molecular flexibility index (Phi) is 5.26. The van der Waals surface area contributed by atoms with E-state index in [1.54, 1.807) is 34.3 Å². The van der Waals surface area contributed by atoms with Crippen LogP contribution in [0.15, 0.2) is 56.7 Å². The van der Waals surface area contributed by atoms with Crippen LogP contribution in [0, 0.1) is 5.92 Å².